The zero-order valence-corrected chi connectivity index (χ0v) is 5.94. The van der Waals surface area contributed by atoms with Gasteiger partial charge in [-0.1, -0.05) is 5.92 Å². The van der Waals surface area contributed by atoms with Crippen LogP contribution in [0.1, 0.15) is 5.56 Å². The first kappa shape index (κ1) is 8.23. The van der Waals surface area contributed by atoms with E-state index in [0.717, 1.165) is 12.1 Å². The summed E-state index contributed by atoms with van der Waals surface area (Å²) in [5.74, 6) is 2.54. The van der Waals surface area contributed by atoms with Gasteiger partial charge in [-0.2, -0.15) is 5.26 Å². The van der Waals surface area contributed by atoms with Crippen LogP contribution in [0.15, 0.2) is 18.2 Å². The Hall–Kier alpha value is -1.87. The Morgan fingerprint density at radius 2 is 1.92 bits per heavy atom. The van der Waals surface area contributed by atoms with Gasteiger partial charge >= 0.3 is 0 Å². The van der Waals surface area contributed by atoms with Crippen molar-refractivity contribution in [2.75, 3.05) is 0 Å². The highest BCUT2D eigenvalue weighted by Gasteiger charge is 1.99. The van der Waals surface area contributed by atoms with Crippen molar-refractivity contribution in [2.24, 2.45) is 0 Å². The van der Waals surface area contributed by atoms with E-state index in [1.807, 2.05) is 0 Å². The molecule has 0 aliphatic rings. The zero-order valence-electron chi connectivity index (χ0n) is 5.94. The summed E-state index contributed by atoms with van der Waals surface area (Å²) >= 11 is 0. The second kappa shape index (κ2) is 3.50. The molecule has 0 bridgehead atoms. The highest BCUT2D eigenvalue weighted by Crippen LogP contribution is 2.06. The number of hydrogen-bond acceptors (Lipinski definition) is 1. The molecule has 12 heavy (non-hydrogen) atoms. The summed E-state index contributed by atoms with van der Waals surface area (Å²) in [4.78, 5) is 0. The van der Waals surface area contributed by atoms with Crippen LogP contribution in [0.25, 0.3) is 0 Å². The van der Waals surface area contributed by atoms with E-state index in [4.69, 9.17) is 5.26 Å². The second-order valence-corrected chi connectivity index (χ2v) is 1.99. The first-order chi connectivity index (χ1) is 5.74. The number of benzene rings is 1. The molecule has 0 aliphatic carbocycles. The Morgan fingerprint density at radius 1 is 1.17 bits per heavy atom. The summed E-state index contributed by atoms with van der Waals surface area (Å²) in [5, 5.41) is 8.06. The Morgan fingerprint density at radius 3 is 2.50 bits per heavy atom. The molecule has 0 fully saturated rings. The van der Waals surface area contributed by atoms with Gasteiger partial charge in [0.1, 0.15) is 0 Å². The van der Waals surface area contributed by atoms with Crippen LogP contribution in [-0.4, -0.2) is 0 Å². The average molecular weight is 163 g/mol. The van der Waals surface area contributed by atoms with Gasteiger partial charge in [0.05, 0.1) is 0 Å². The minimum absolute atomic E-state index is 0.287. The van der Waals surface area contributed by atoms with Gasteiger partial charge in [0.25, 0.3) is 0 Å². The van der Waals surface area contributed by atoms with E-state index in [2.05, 4.69) is 11.8 Å². The molecule has 0 aromatic heterocycles. The maximum Gasteiger partial charge on any atom is 0.160 e. The lowest BCUT2D eigenvalue weighted by Crippen LogP contribution is -1.83. The van der Waals surface area contributed by atoms with Crippen molar-refractivity contribution < 1.29 is 8.78 Å². The number of nitrogens with zero attached hydrogens (tertiary/aromatic N) is 1. The fourth-order valence-electron chi connectivity index (χ4n) is 0.674. The van der Waals surface area contributed by atoms with E-state index in [-0.39, 0.29) is 5.56 Å². The SMILES string of the molecule is N#CC#Cc1ccc(F)c(F)c1. The van der Waals surface area contributed by atoms with E-state index in [1.54, 1.807) is 6.07 Å². The van der Waals surface area contributed by atoms with Crippen molar-refractivity contribution >= 4 is 0 Å². The molecule has 1 aromatic carbocycles. The van der Waals surface area contributed by atoms with Crippen molar-refractivity contribution in [3.05, 3.63) is 35.4 Å². The third-order valence-corrected chi connectivity index (χ3v) is 1.18. The summed E-state index contributed by atoms with van der Waals surface area (Å²) in [5.41, 5.74) is 0.287. The van der Waals surface area contributed by atoms with E-state index >= 15 is 0 Å². The lowest BCUT2D eigenvalue weighted by Gasteiger charge is -1.91. The van der Waals surface area contributed by atoms with E-state index in [9.17, 15) is 8.78 Å². The quantitative estimate of drug-likeness (QED) is 0.535. The highest BCUT2D eigenvalue weighted by atomic mass is 19.2. The number of hydrogen-bond donors (Lipinski definition) is 0. The normalized spacial score (nSPS) is 8.08. The maximum absolute atomic E-state index is 12.5. The largest absolute Gasteiger partial charge is 0.204 e. The first-order valence-electron chi connectivity index (χ1n) is 3.09. The molecule has 0 amide bonds. The molecule has 0 heterocycles. The van der Waals surface area contributed by atoms with Crippen LogP contribution < -0.4 is 0 Å². The van der Waals surface area contributed by atoms with Gasteiger partial charge in [-0.15, -0.1) is 0 Å². The molecule has 0 radical (unpaired) electrons. The number of nitriles is 1. The van der Waals surface area contributed by atoms with Crippen molar-refractivity contribution in [2.45, 2.75) is 0 Å². The molecule has 0 spiro atoms. The predicted octanol–water partition coefficient (Wildman–Crippen LogP) is 1.84. The smallest absolute Gasteiger partial charge is 0.160 e. The zero-order chi connectivity index (χ0) is 8.97. The summed E-state index contributed by atoms with van der Waals surface area (Å²) < 4.78 is 24.8. The topological polar surface area (TPSA) is 23.8 Å². The molecule has 0 saturated carbocycles. The highest BCUT2D eigenvalue weighted by molar-refractivity contribution is 5.37. The molecule has 0 atom stereocenters. The average Bonchev–Trinajstić information content (AvgIpc) is 2.07. The van der Waals surface area contributed by atoms with Gasteiger partial charge in [-0.25, -0.2) is 8.78 Å². The number of halogens is 2. The van der Waals surface area contributed by atoms with Crippen LogP contribution in [0.2, 0.25) is 0 Å². The van der Waals surface area contributed by atoms with Crippen LogP contribution >= 0.6 is 0 Å². The minimum Gasteiger partial charge on any atom is -0.204 e. The van der Waals surface area contributed by atoms with Crippen LogP contribution in [-0.2, 0) is 0 Å². The number of rotatable bonds is 0. The van der Waals surface area contributed by atoms with Gasteiger partial charge in [-0.05, 0) is 18.2 Å². The van der Waals surface area contributed by atoms with Gasteiger partial charge in [0.15, 0.2) is 17.7 Å². The van der Waals surface area contributed by atoms with Gasteiger partial charge in [0.2, 0.25) is 0 Å². The van der Waals surface area contributed by atoms with Gasteiger partial charge in [0, 0.05) is 11.5 Å². The molecule has 1 nitrogen and oxygen atoms in total. The van der Waals surface area contributed by atoms with Crippen molar-refractivity contribution in [1.82, 2.24) is 0 Å². The summed E-state index contributed by atoms with van der Waals surface area (Å²) in [6, 6.07) is 4.79. The minimum atomic E-state index is -0.959. The third kappa shape index (κ3) is 1.81. The maximum atomic E-state index is 12.5. The van der Waals surface area contributed by atoms with Crippen molar-refractivity contribution in [3.63, 3.8) is 0 Å². The van der Waals surface area contributed by atoms with E-state index < -0.39 is 11.6 Å². The fourth-order valence-corrected chi connectivity index (χ4v) is 0.674. The Balaban J connectivity index is 3.07. The van der Waals surface area contributed by atoms with E-state index in [1.165, 1.54) is 6.07 Å². The first-order valence-corrected chi connectivity index (χ1v) is 3.09. The molecule has 0 unspecified atom stereocenters. The van der Waals surface area contributed by atoms with Crippen molar-refractivity contribution in [3.8, 4) is 17.9 Å². The molecule has 58 valence electrons. The standard InChI is InChI=1S/C9H3F2N/c10-8-4-3-7(2-1-5-12)6-9(8)11/h3-4,6H. The lowest BCUT2D eigenvalue weighted by atomic mass is 10.2. The summed E-state index contributed by atoms with van der Waals surface area (Å²) in [6.45, 7) is 0. The predicted molar refractivity (Wildman–Crippen MR) is 38.8 cm³/mol. The molecule has 1 rings (SSSR count). The lowest BCUT2D eigenvalue weighted by molar-refractivity contribution is 0.508. The molecule has 0 N–H and O–H groups in total. The van der Waals surface area contributed by atoms with Crippen LogP contribution in [0.5, 0.6) is 0 Å². The Kier molecular flexibility index (Phi) is 2.40. The van der Waals surface area contributed by atoms with E-state index in [0.29, 0.717) is 0 Å². The third-order valence-electron chi connectivity index (χ3n) is 1.18. The molecule has 0 aliphatic heterocycles. The fraction of sp³-hybridized carbons (Fsp3) is 0. The molecular weight excluding hydrogens is 160 g/mol. The second-order valence-electron chi connectivity index (χ2n) is 1.99. The monoisotopic (exact) mass is 163 g/mol. The van der Waals surface area contributed by atoms with Crippen LogP contribution in [0, 0.1) is 34.8 Å². The molecular formula is C9H3F2N. The summed E-state index contributed by atoms with van der Waals surface area (Å²) in [6.07, 6.45) is 0. The van der Waals surface area contributed by atoms with Gasteiger partial charge < -0.3 is 0 Å². The van der Waals surface area contributed by atoms with Gasteiger partial charge in [-0.3, -0.25) is 0 Å². The van der Waals surface area contributed by atoms with Crippen LogP contribution in [0.4, 0.5) is 8.78 Å². The Labute approximate surface area is 68.2 Å². The van der Waals surface area contributed by atoms with Crippen molar-refractivity contribution in [1.29, 1.82) is 5.26 Å². The van der Waals surface area contributed by atoms with Crippen LogP contribution in [0.3, 0.4) is 0 Å². The molecule has 3 heteroatoms. The summed E-state index contributed by atoms with van der Waals surface area (Å²) in [7, 11) is 0. The molecule has 1 aromatic rings. The molecule has 0 saturated heterocycles. The Bertz CT molecular complexity index is 393.